The number of hydrogen-bond acceptors (Lipinski definition) is 2. The maximum absolute atomic E-state index is 10.7. The molecule has 0 spiro atoms. The van der Waals surface area contributed by atoms with Crippen LogP contribution in [0.15, 0.2) is 0 Å². The molecule has 0 aromatic carbocycles. The van der Waals surface area contributed by atoms with Crippen molar-refractivity contribution >= 4 is 5.97 Å². The van der Waals surface area contributed by atoms with Crippen LogP contribution in [0, 0.1) is 5.92 Å². The van der Waals surface area contributed by atoms with E-state index in [0.717, 1.165) is 25.4 Å². The first-order chi connectivity index (χ1) is 7.13. The lowest BCUT2D eigenvalue weighted by Gasteiger charge is -2.28. The van der Waals surface area contributed by atoms with Crippen LogP contribution in [0.3, 0.4) is 0 Å². The number of aliphatic carboxylic acids is 1. The van der Waals surface area contributed by atoms with Gasteiger partial charge >= 0.3 is 5.97 Å². The molecule has 2 unspecified atom stereocenters. The predicted octanol–water partition coefficient (Wildman–Crippen LogP) is 2.36. The van der Waals surface area contributed by atoms with Crippen LogP contribution < -0.4 is 0 Å². The second-order valence-corrected chi connectivity index (χ2v) is 4.73. The number of likely N-dealkylation sites (tertiary alicyclic amines) is 1. The highest BCUT2D eigenvalue weighted by molar-refractivity contribution is 5.67. The zero-order valence-electron chi connectivity index (χ0n) is 9.91. The lowest BCUT2D eigenvalue weighted by atomic mass is 10.0. The van der Waals surface area contributed by atoms with Gasteiger partial charge in [-0.25, -0.2) is 0 Å². The summed E-state index contributed by atoms with van der Waals surface area (Å²) in [6, 6.07) is 0.243. The van der Waals surface area contributed by atoms with Crippen molar-refractivity contribution in [2.75, 3.05) is 13.1 Å². The molecule has 1 aliphatic heterocycles. The van der Waals surface area contributed by atoms with E-state index >= 15 is 0 Å². The first-order valence-electron chi connectivity index (χ1n) is 6.09. The summed E-state index contributed by atoms with van der Waals surface area (Å²) in [6.45, 7) is 6.53. The van der Waals surface area contributed by atoms with Gasteiger partial charge in [-0.05, 0) is 44.7 Å². The van der Waals surface area contributed by atoms with Crippen LogP contribution >= 0.6 is 0 Å². The van der Waals surface area contributed by atoms with Crippen molar-refractivity contribution in [3.63, 3.8) is 0 Å². The van der Waals surface area contributed by atoms with Gasteiger partial charge in [-0.1, -0.05) is 13.8 Å². The average molecular weight is 213 g/mol. The molecule has 1 rings (SSSR count). The van der Waals surface area contributed by atoms with E-state index in [-0.39, 0.29) is 6.04 Å². The van der Waals surface area contributed by atoms with Crippen LogP contribution in [-0.4, -0.2) is 35.1 Å². The molecule has 1 fully saturated rings. The molecule has 3 nitrogen and oxygen atoms in total. The van der Waals surface area contributed by atoms with E-state index in [1.54, 1.807) is 0 Å². The number of hydrogen-bond donors (Lipinski definition) is 1. The molecule has 2 atom stereocenters. The monoisotopic (exact) mass is 213 g/mol. The zero-order chi connectivity index (χ0) is 11.3. The molecule has 1 N–H and O–H groups in total. The third-order valence-electron chi connectivity index (χ3n) is 3.45. The number of rotatable bonds is 4. The zero-order valence-corrected chi connectivity index (χ0v) is 9.91. The normalized spacial score (nSPS) is 25.9. The Hall–Kier alpha value is -0.570. The van der Waals surface area contributed by atoms with Gasteiger partial charge in [0, 0.05) is 6.04 Å². The van der Waals surface area contributed by atoms with Gasteiger partial charge in [-0.2, -0.15) is 0 Å². The average Bonchev–Trinajstić information content (AvgIpc) is 2.39. The Kier molecular flexibility index (Phi) is 5.09. The van der Waals surface area contributed by atoms with Crippen molar-refractivity contribution < 1.29 is 9.90 Å². The second kappa shape index (κ2) is 6.11. The quantitative estimate of drug-likeness (QED) is 0.779. The van der Waals surface area contributed by atoms with Crippen molar-refractivity contribution in [3.8, 4) is 0 Å². The van der Waals surface area contributed by atoms with Crippen molar-refractivity contribution in [2.45, 2.75) is 52.0 Å². The van der Waals surface area contributed by atoms with Crippen LogP contribution in [0.5, 0.6) is 0 Å². The van der Waals surface area contributed by atoms with Crippen LogP contribution in [0.1, 0.15) is 46.0 Å². The standard InChI is InChI=1S/C12H23NO2/c1-3-11(9-12(14)15)13-7-4-5-10(2)6-8-13/h10-11H,3-9H2,1-2H3,(H,14,15). The van der Waals surface area contributed by atoms with Gasteiger partial charge in [0.15, 0.2) is 0 Å². The molecule has 1 saturated heterocycles. The summed E-state index contributed by atoms with van der Waals surface area (Å²) in [5.41, 5.74) is 0. The third-order valence-corrected chi connectivity index (χ3v) is 3.45. The number of nitrogens with zero attached hydrogens (tertiary/aromatic N) is 1. The van der Waals surface area contributed by atoms with Gasteiger partial charge in [-0.3, -0.25) is 9.69 Å². The molecule has 0 bridgehead atoms. The second-order valence-electron chi connectivity index (χ2n) is 4.73. The van der Waals surface area contributed by atoms with Crippen LogP contribution in [0.25, 0.3) is 0 Å². The van der Waals surface area contributed by atoms with Crippen molar-refractivity contribution in [1.29, 1.82) is 0 Å². The molecule has 0 aromatic rings. The Balaban J connectivity index is 2.47. The van der Waals surface area contributed by atoms with Crippen molar-refractivity contribution in [3.05, 3.63) is 0 Å². The molecule has 0 radical (unpaired) electrons. The molecule has 1 aliphatic rings. The van der Waals surface area contributed by atoms with E-state index in [4.69, 9.17) is 5.11 Å². The van der Waals surface area contributed by atoms with Gasteiger partial charge in [0.1, 0.15) is 0 Å². The molecule has 88 valence electrons. The third kappa shape index (κ3) is 4.20. The molecule has 0 aliphatic carbocycles. The minimum atomic E-state index is -0.667. The van der Waals surface area contributed by atoms with E-state index in [0.29, 0.717) is 6.42 Å². The molecule has 15 heavy (non-hydrogen) atoms. The molecule has 0 aromatic heterocycles. The molecule has 0 saturated carbocycles. The Morgan fingerprint density at radius 1 is 1.47 bits per heavy atom. The first kappa shape index (κ1) is 12.5. The fourth-order valence-electron chi connectivity index (χ4n) is 2.38. The van der Waals surface area contributed by atoms with E-state index in [1.165, 1.54) is 19.3 Å². The highest BCUT2D eigenvalue weighted by Crippen LogP contribution is 2.20. The fourth-order valence-corrected chi connectivity index (χ4v) is 2.38. The highest BCUT2D eigenvalue weighted by atomic mass is 16.4. The lowest BCUT2D eigenvalue weighted by Crippen LogP contribution is -2.37. The summed E-state index contributed by atoms with van der Waals surface area (Å²) >= 11 is 0. The van der Waals surface area contributed by atoms with Gasteiger partial charge in [0.25, 0.3) is 0 Å². The minimum Gasteiger partial charge on any atom is -0.481 e. The summed E-state index contributed by atoms with van der Waals surface area (Å²) < 4.78 is 0. The number of carboxylic acid groups (broad SMARTS) is 1. The van der Waals surface area contributed by atoms with E-state index in [9.17, 15) is 4.79 Å². The number of carboxylic acids is 1. The van der Waals surface area contributed by atoms with E-state index in [2.05, 4.69) is 18.7 Å². The van der Waals surface area contributed by atoms with E-state index in [1.807, 2.05) is 0 Å². The largest absolute Gasteiger partial charge is 0.481 e. The summed E-state index contributed by atoms with van der Waals surface area (Å²) in [4.78, 5) is 13.1. The summed E-state index contributed by atoms with van der Waals surface area (Å²) in [5, 5.41) is 8.84. The highest BCUT2D eigenvalue weighted by Gasteiger charge is 2.22. The molecule has 0 amide bonds. The Labute approximate surface area is 92.5 Å². The summed E-state index contributed by atoms with van der Waals surface area (Å²) in [5.74, 6) is 0.136. The van der Waals surface area contributed by atoms with Gasteiger partial charge in [0.2, 0.25) is 0 Å². The van der Waals surface area contributed by atoms with Crippen LogP contribution in [0.2, 0.25) is 0 Å². The maximum Gasteiger partial charge on any atom is 0.304 e. The maximum atomic E-state index is 10.7. The number of carbonyl (C=O) groups is 1. The fraction of sp³-hybridized carbons (Fsp3) is 0.917. The van der Waals surface area contributed by atoms with Crippen LogP contribution in [-0.2, 0) is 4.79 Å². The molecular weight excluding hydrogens is 190 g/mol. The SMILES string of the molecule is CCC(CC(=O)O)N1CCCC(C)CC1. The predicted molar refractivity (Wildman–Crippen MR) is 60.9 cm³/mol. The lowest BCUT2D eigenvalue weighted by molar-refractivity contribution is -0.138. The molecule has 3 heteroatoms. The van der Waals surface area contributed by atoms with Gasteiger partial charge in [-0.15, -0.1) is 0 Å². The van der Waals surface area contributed by atoms with Gasteiger partial charge in [0.05, 0.1) is 6.42 Å². The first-order valence-corrected chi connectivity index (χ1v) is 6.09. The molecule has 1 heterocycles. The van der Waals surface area contributed by atoms with E-state index < -0.39 is 5.97 Å². The topological polar surface area (TPSA) is 40.5 Å². The Morgan fingerprint density at radius 3 is 2.80 bits per heavy atom. The summed E-state index contributed by atoms with van der Waals surface area (Å²) in [7, 11) is 0. The Bertz CT molecular complexity index is 206. The van der Waals surface area contributed by atoms with Crippen LogP contribution in [0.4, 0.5) is 0 Å². The van der Waals surface area contributed by atoms with Crippen molar-refractivity contribution in [1.82, 2.24) is 4.90 Å². The smallest absolute Gasteiger partial charge is 0.304 e. The molecular formula is C12H23NO2. The minimum absolute atomic E-state index is 0.243. The van der Waals surface area contributed by atoms with Gasteiger partial charge < -0.3 is 5.11 Å². The Morgan fingerprint density at radius 2 is 2.20 bits per heavy atom. The summed E-state index contributed by atoms with van der Waals surface area (Å²) in [6.07, 6.45) is 4.97. The van der Waals surface area contributed by atoms with Crippen molar-refractivity contribution in [2.24, 2.45) is 5.92 Å².